The summed E-state index contributed by atoms with van der Waals surface area (Å²) >= 11 is 3.14. The Morgan fingerprint density at radius 1 is 1.35 bits per heavy atom. The van der Waals surface area contributed by atoms with Crippen LogP contribution in [0.2, 0.25) is 0 Å². The number of esters is 1. The minimum Gasteiger partial charge on any atom is -0.452 e. The molecular weight excluding hydrogens is 333 g/mol. The fraction of sp³-hybridized carbons (Fsp3) is 0.385. The van der Waals surface area contributed by atoms with Gasteiger partial charge in [0.2, 0.25) is 0 Å². The zero-order valence-electron chi connectivity index (χ0n) is 10.6. The fourth-order valence-electron chi connectivity index (χ4n) is 1.76. The first-order chi connectivity index (χ1) is 9.58. The second-order valence-electron chi connectivity index (χ2n) is 4.19. The molecule has 0 aliphatic carbocycles. The lowest BCUT2D eigenvalue weighted by Gasteiger charge is -2.26. The molecule has 108 valence electrons. The smallest absolute Gasteiger partial charge is 0.339 e. The third-order valence-electron chi connectivity index (χ3n) is 2.84. The first-order valence-corrected chi connectivity index (χ1v) is 6.85. The maximum atomic E-state index is 13.1. The Kier molecular flexibility index (Phi) is 5.08. The van der Waals surface area contributed by atoms with E-state index in [4.69, 9.17) is 9.47 Å². The molecule has 0 spiro atoms. The van der Waals surface area contributed by atoms with Gasteiger partial charge in [-0.1, -0.05) is 0 Å². The Balaban J connectivity index is 1.91. The summed E-state index contributed by atoms with van der Waals surface area (Å²) in [5.41, 5.74) is 0.0553. The van der Waals surface area contributed by atoms with Crippen LogP contribution in [0.25, 0.3) is 0 Å². The molecule has 5 nitrogen and oxygen atoms in total. The predicted molar refractivity (Wildman–Crippen MR) is 71.8 cm³/mol. The molecule has 0 bridgehead atoms. The minimum atomic E-state index is -0.738. The molecule has 1 saturated heterocycles. The van der Waals surface area contributed by atoms with Gasteiger partial charge >= 0.3 is 5.97 Å². The Hall–Kier alpha value is -1.47. The molecule has 1 aromatic carbocycles. The second-order valence-corrected chi connectivity index (χ2v) is 5.05. The van der Waals surface area contributed by atoms with Crippen molar-refractivity contribution >= 4 is 27.8 Å². The van der Waals surface area contributed by atoms with Gasteiger partial charge in [0, 0.05) is 17.6 Å². The van der Waals surface area contributed by atoms with E-state index in [1.54, 1.807) is 4.90 Å². The summed E-state index contributed by atoms with van der Waals surface area (Å²) < 4.78 is 23.5. The molecule has 0 N–H and O–H groups in total. The van der Waals surface area contributed by atoms with Crippen molar-refractivity contribution in [2.75, 3.05) is 32.9 Å². The van der Waals surface area contributed by atoms with Crippen molar-refractivity contribution in [1.82, 2.24) is 4.90 Å². The van der Waals surface area contributed by atoms with Crippen LogP contribution in [-0.4, -0.2) is 49.7 Å². The third-order valence-corrected chi connectivity index (χ3v) is 3.53. The van der Waals surface area contributed by atoms with E-state index in [0.717, 1.165) is 6.07 Å². The van der Waals surface area contributed by atoms with Gasteiger partial charge in [0.05, 0.1) is 18.8 Å². The summed E-state index contributed by atoms with van der Waals surface area (Å²) in [5, 5.41) is 0. The normalized spacial score (nSPS) is 15.0. The second kappa shape index (κ2) is 6.81. The van der Waals surface area contributed by atoms with Gasteiger partial charge in [-0.25, -0.2) is 9.18 Å². The average Bonchev–Trinajstić information content (AvgIpc) is 2.47. The number of hydrogen-bond donors (Lipinski definition) is 0. The van der Waals surface area contributed by atoms with Gasteiger partial charge in [0.25, 0.3) is 5.91 Å². The summed E-state index contributed by atoms with van der Waals surface area (Å²) in [6.07, 6.45) is 0. The quantitative estimate of drug-likeness (QED) is 0.781. The fourth-order valence-corrected chi connectivity index (χ4v) is 2.17. The van der Waals surface area contributed by atoms with E-state index in [0.29, 0.717) is 30.8 Å². The Bertz CT molecular complexity index is 517. The van der Waals surface area contributed by atoms with Gasteiger partial charge in [-0.2, -0.15) is 0 Å². The van der Waals surface area contributed by atoms with E-state index in [2.05, 4.69) is 15.9 Å². The van der Waals surface area contributed by atoms with Crippen LogP contribution in [0.15, 0.2) is 22.7 Å². The summed E-state index contributed by atoms with van der Waals surface area (Å²) in [6.45, 7) is 1.58. The van der Waals surface area contributed by atoms with Crippen molar-refractivity contribution < 1.29 is 23.5 Å². The predicted octanol–water partition coefficient (Wildman–Crippen LogP) is 1.60. The van der Waals surface area contributed by atoms with Crippen molar-refractivity contribution in [3.05, 3.63) is 34.1 Å². The summed E-state index contributed by atoms with van der Waals surface area (Å²) in [6, 6.07) is 3.70. The van der Waals surface area contributed by atoms with Gasteiger partial charge < -0.3 is 14.4 Å². The Labute approximate surface area is 123 Å². The number of ether oxygens (including phenoxy) is 2. The molecule has 2 rings (SSSR count). The van der Waals surface area contributed by atoms with Crippen LogP contribution in [-0.2, 0) is 14.3 Å². The molecule has 0 radical (unpaired) electrons. The third kappa shape index (κ3) is 3.77. The molecule has 1 fully saturated rings. The topological polar surface area (TPSA) is 55.8 Å². The molecule has 1 heterocycles. The van der Waals surface area contributed by atoms with E-state index < -0.39 is 11.8 Å². The number of hydrogen-bond acceptors (Lipinski definition) is 4. The summed E-state index contributed by atoms with van der Waals surface area (Å²) in [7, 11) is 0. The van der Waals surface area contributed by atoms with Crippen molar-refractivity contribution in [2.24, 2.45) is 0 Å². The maximum Gasteiger partial charge on any atom is 0.339 e. The lowest BCUT2D eigenvalue weighted by atomic mass is 10.2. The number of nitrogens with zero attached hydrogens (tertiary/aromatic N) is 1. The van der Waals surface area contributed by atoms with Crippen LogP contribution < -0.4 is 0 Å². The van der Waals surface area contributed by atoms with Crippen LogP contribution in [0.4, 0.5) is 4.39 Å². The zero-order valence-corrected chi connectivity index (χ0v) is 12.2. The van der Waals surface area contributed by atoms with Crippen molar-refractivity contribution in [2.45, 2.75) is 0 Å². The van der Waals surface area contributed by atoms with E-state index in [1.165, 1.54) is 12.1 Å². The molecule has 1 aromatic rings. The molecule has 0 atom stereocenters. The Morgan fingerprint density at radius 2 is 2.05 bits per heavy atom. The number of amides is 1. The number of morpholine rings is 1. The number of benzene rings is 1. The van der Waals surface area contributed by atoms with Gasteiger partial charge in [-0.3, -0.25) is 4.79 Å². The lowest BCUT2D eigenvalue weighted by Crippen LogP contribution is -2.42. The maximum absolute atomic E-state index is 13.1. The highest BCUT2D eigenvalue weighted by Gasteiger charge is 2.19. The highest BCUT2D eigenvalue weighted by atomic mass is 79.9. The van der Waals surface area contributed by atoms with Crippen LogP contribution in [0.1, 0.15) is 10.4 Å². The van der Waals surface area contributed by atoms with E-state index >= 15 is 0 Å². The standard InChI is InChI=1S/C13H13BrFNO4/c14-11-2-1-9(15)7-10(11)13(18)20-8-12(17)16-3-5-19-6-4-16/h1-2,7H,3-6,8H2. The molecule has 0 aromatic heterocycles. The van der Waals surface area contributed by atoms with Crippen molar-refractivity contribution in [3.8, 4) is 0 Å². The van der Waals surface area contributed by atoms with Gasteiger partial charge in [-0.15, -0.1) is 0 Å². The van der Waals surface area contributed by atoms with E-state index in [9.17, 15) is 14.0 Å². The first kappa shape index (κ1) is 14.9. The van der Waals surface area contributed by atoms with Crippen LogP contribution in [0.5, 0.6) is 0 Å². The van der Waals surface area contributed by atoms with Gasteiger partial charge in [0.15, 0.2) is 6.61 Å². The highest BCUT2D eigenvalue weighted by molar-refractivity contribution is 9.10. The number of halogens is 2. The molecule has 1 aliphatic rings. The lowest BCUT2D eigenvalue weighted by molar-refractivity contribution is -0.138. The average molecular weight is 346 g/mol. The van der Waals surface area contributed by atoms with Crippen LogP contribution in [0, 0.1) is 5.82 Å². The molecule has 0 saturated carbocycles. The van der Waals surface area contributed by atoms with E-state index in [-0.39, 0.29) is 18.1 Å². The monoisotopic (exact) mass is 345 g/mol. The zero-order chi connectivity index (χ0) is 14.5. The number of carbonyl (C=O) groups is 2. The molecule has 20 heavy (non-hydrogen) atoms. The van der Waals surface area contributed by atoms with Gasteiger partial charge in [0.1, 0.15) is 5.82 Å². The number of rotatable bonds is 3. The van der Waals surface area contributed by atoms with Crippen LogP contribution >= 0.6 is 15.9 Å². The molecule has 0 unspecified atom stereocenters. The molecule has 1 aliphatic heterocycles. The first-order valence-electron chi connectivity index (χ1n) is 6.05. The minimum absolute atomic E-state index is 0.0553. The summed E-state index contributed by atoms with van der Waals surface area (Å²) in [4.78, 5) is 25.2. The highest BCUT2D eigenvalue weighted by Crippen LogP contribution is 2.18. The van der Waals surface area contributed by atoms with Gasteiger partial charge in [-0.05, 0) is 34.1 Å². The number of carbonyl (C=O) groups excluding carboxylic acids is 2. The molecule has 1 amide bonds. The largest absolute Gasteiger partial charge is 0.452 e. The van der Waals surface area contributed by atoms with Crippen LogP contribution in [0.3, 0.4) is 0 Å². The molecular formula is C13H13BrFNO4. The Morgan fingerprint density at radius 3 is 2.75 bits per heavy atom. The van der Waals surface area contributed by atoms with Crippen molar-refractivity contribution in [3.63, 3.8) is 0 Å². The summed E-state index contributed by atoms with van der Waals surface area (Å²) in [5.74, 6) is -1.56. The molecule has 7 heteroatoms. The van der Waals surface area contributed by atoms with E-state index in [1.807, 2.05) is 0 Å². The van der Waals surface area contributed by atoms with Crippen molar-refractivity contribution in [1.29, 1.82) is 0 Å². The SMILES string of the molecule is O=C(OCC(=O)N1CCOCC1)c1cc(F)ccc1Br.